The van der Waals surface area contributed by atoms with Gasteiger partial charge in [-0.1, -0.05) is 66.7 Å². The highest BCUT2D eigenvalue weighted by molar-refractivity contribution is 5.96. The lowest BCUT2D eigenvalue weighted by atomic mass is 10.00. The second-order valence-electron chi connectivity index (χ2n) is 6.22. The second kappa shape index (κ2) is 5.71. The van der Waals surface area contributed by atoms with E-state index in [4.69, 9.17) is 14.7 Å². The molecule has 0 fully saturated rings. The Hall–Kier alpha value is -3.20. The van der Waals surface area contributed by atoms with E-state index in [1.807, 2.05) is 24.3 Å². The fourth-order valence-corrected chi connectivity index (χ4v) is 3.40. The third-order valence-electron chi connectivity index (χ3n) is 4.65. The lowest BCUT2D eigenvalue weighted by molar-refractivity contribution is 0.319. The van der Waals surface area contributed by atoms with Gasteiger partial charge in [-0.05, 0) is 28.5 Å². The number of fused-ring (bicyclic) bond motifs is 2. The van der Waals surface area contributed by atoms with Crippen LogP contribution >= 0.6 is 0 Å². The molecule has 2 heterocycles. The molecule has 25 heavy (non-hydrogen) atoms. The van der Waals surface area contributed by atoms with E-state index in [1.54, 1.807) is 0 Å². The molecule has 0 saturated heterocycles. The molecular formula is C22H16N2O. The third kappa shape index (κ3) is 2.45. The highest BCUT2D eigenvalue weighted by atomic mass is 16.5. The van der Waals surface area contributed by atoms with Crippen LogP contribution in [0.3, 0.4) is 0 Å². The molecule has 1 aliphatic heterocycles. The smallest absolute Gasteiger partial charge is 0.236 e. The fraction of sp³-hybridized carbons (Fsp3) is 0.0909. The van der Waals surface area contributed by atoms with Gasteiger partial charge in [0.25, 0.3) is 0 Å². The Labute approximate surface area is 145 Å². The highest BCUT2D eigenvalue weighted by Gasteiger charge is 2.24. The molecule has 0 N–H and O–H groups in total. The predicted molar refractivity (Wildman–Crippen MR) is 101 cm³/mol. The van der Waals surface area contributed by atoms with Crippen molar-refractivity contribution in [3.05, 3.63) is 90.1 Å². The zero-order valence-electron chi connectivity index (χ0n) is 13.6. The number of benzene rings is 3. The van der Waals surface area contributed by atoms with Gasteiger partial charge < -0.3 is 4.74 Å². The maximum atomic E-state index is 5.89. The lowest BCUT2D eigenvalue weighted by Crippen LogP contribution is -2.04. The molecule has 0 spiro atoms. The Morgan fingerprint density at radius 2 is 1.56 bits per heavy atom. The Bertz CT molecular complexity index is 1110. The molecule has 0 amide bonds. The van der Waals surface area contributed by atoms with Crippen LogP contribution in [0.5, 0.6) is 0 Å². The number of pyridine rings is 1. The average molecular weight is 324 g/mol. The van der Waals surface area contributed by atoms with E-state index in [2.05, 4.69) is 54.6 Å². The molecule has 1 atom stereocenters. The monoisotopic (exact) mass is 324 g/mol. The number of para-hydroxylation sites is 1. The summed E-state index contributed by atoms with van der Waals surface area (Å²) < 4.78 is 5.89. The number of hydrogen-bond acceptors (Lipinski definition) is 3. The van der Waals surface area contributed by atoms with E-state index in [0.717, 1.165) is 16.6 Å². The summed E-state index contributed by atoms with van der Waals surface area (Å²) in [5.41, 5.74) is 2.95. The van der Waals surface area contributed by atoms with Crippen LogP contribution in [0.25, 0.3) is 21.7 Å². The number of aliphatic imine (C=N–C) groups is 1. The van der Waals surface area contributed by atoms with Gasteiger partial charge in [0.1, 0.15) is 18.3 Å². The topological polar surface area (TPSA) is 34.5 Å². The minimum Gasteiger partial charge on any atom is -0.474 e. The zero-order chi connectivity index (χ0) is 16.6. The van der Waals surface area contributed by atoms with E-state index < -0.39 is 0 Å². The van der Waals surface area contributed by atoms with Gasteiger partial charge in [0.05, 0.1) is 5.52 Å². The van der Waals surface area contributed by atoms with E-state index >= 15 is 0 Å². The van der Waals surface area contributed by atoms with Crippen molar-refractivity contribution in [3.8, 4) is 0 Å². The Kier molecular flexibility index (Phi) is 3.23. The first kappa shape index (κ1) is 14.2. The van der Waals surface area contributed by atoms with Gasteiger partial charge in [0.2, 0.25) is 5.90 Å². The van der Waals surface area contributed by atoms with Crippen molar-refractivity contribution in [2.24, 2.45) is 4.99 Å². The summed E-state index contributed by atoms with van der Waals surface area (Å²) in [6.45, 7) is 0.553. The van der Waals surface area contributed by atoms with Crippen molar-refractivity contribution in [2.75, 3.05) is 6.61 Å². The van der Waals surface area contributed by atoms with Gasteiger partial charge in [0.15, 0.2) is 0 Å². The van der Waals surface area contributed by atoms with E-state index in [-0.39, 0.29) is 6.04 Å². The number of nitrogens with zero attached hydrogens (tertiary/aromatic N) is 2. The zero-order valence-corrected chi connectivity index (χ0v) is 13.6. The maximum Gasteiger partial charge on any atom is 0.236 e. The summed E-state index contributed by atoms with van der Waals surface area (Å²) in [6, 6.07) is 26.9. The molecule has 4 aromatic rings. The van der Waals surface area contributed by atoms with Crippen molar-refractivity contribution in [1.29, 1.82) is 0 Å². The molecular weight excluding hydrogens is 308 g/mol. The van der Waals surface area contributed by atoms with E-state index in [0.29, 0.717) is 12.5 Å². The second-order valence-corrected chi connectivity index (χ2v) is 6.22. The van der Waals surface area contributed by atoms with Crippen LogP contribution in [0.1, 0.15) is 17.3 Å². The minimum atomic E-state index is 0.00868. The molecule has 5 rings (SSSR count). The highest BCUT2D eigenvalue weighted by Crippen LogP contribution is 2.30. The summed E-state index contributed by atoms with van der Waals surface area (Å²) in [7, 11) is 0. The normalized spacial score (nSPS) is 16.8. The largest absolute Gasteiger partial charge is 0.474 e. The SMILES string of the molecule is c1ccc2nc(C3=N[C@H](c4cccc5ccccc45)CO3)ccc2c1. The lowest BCUT2D eigenvalue weighted by Gasteiger charge is -2.09. The van der Waals surface area contributed by atoms with Gasteiger partial charge >= 0.3 is 0 Å². The molecule has 0 saturated carbocycles. The van der Waals surface area contributed by atoms with Crippen molar-refractivity contribution < 1.29 is 4.74 Å². The molecule has 0 radical (unpaired) electrons. The first-order chi connectivity index (χ1) is 12.4. The average Bonchev–Trinajstić information content (AvgIpc) is 3.17. The quantitative estimate of drug-likeness (QED) is 0.525. The predicted octanol–water partition coefficient (Wildman–Crippen LogP) is 4.91. The summed E-state index contributed by atoms with van der Waals surface area (Å²) in [5.74, 6) is 0.628. The standard InChI is InChI=1S/C22H16N2O/c1-3-9-17-15(6-1)8-5-10-18(17)21-14-25-22(24-21)20-13-12-16-7-2-4-11-19(16)23-20/h1-13,21H,14H2/t21-/m0/s1. The van der Waals surface area contributed by atoms with Crippen LogP contribution in [-0.2, 0) is 4.74 Å². The number of ether oxygens (including phenoxy) is 1. The van der Waals surface area contributed by atoms with Gasteiger partial charge in [-0.25, -0.2) is 9.98 Å². The molecule has 0 unspecified atom stereocenters. The molecule has 3 heteroatoms. The van der Waals surface area contributed by atoms with Crippen molar-refractivity contribution in [2.45, 2.75) is 6.04 Å². The fourth-order valence-electron chi connectivity index (χ4n) is 3.40. The number of rotatable bonds is 2. The minimum absolute atomic E-state index is 0.00868. The van der Waals surface area contributed by atoms with Gasteiger partial charge in [0, 0.05) is 5.39 Å². The summed E-state index contributed by atoms with van der Waals surface area (Å²) >= 11 is 0. The molecule has 3 nitrogen and oxygen atoms in total. The van der Waals surface area contributed by atoms with Crippen LogP contribution < -0.4 is 0 Å². The molecule has 120 valence electrons. The van der Waals surface area contributed by atoms with Crippen molar-refractivity contribution in [3.63, 3.8) is 0 Å². The Morgan fingerprint density at radius 1 is 0.760 bits per heavy atom. The number of hydrogen-bond donors (Lipinski definition) is 0. The Morgan fingerprint density at radius 3 is 2.52 bits per heavy atom. The number of aromatic nitrogens is 1. The van der Waals surface area contributed by atoms with Crippen LogP contribution in [0.4, 0.5) is 0 Å². The Balaban J connectivity index is 1.56. The summed E-state index contributed by atoms with van der Waals surface area (Å²) in [6.07, 6.45) is 0. The summed E-state index contributed by atoms with van der Waals surface area (Å²) in [4.78, 5) is 9.51. The first-order valence-electron chi connectivity index (χ1n) is 8.43. The molecule has 1 aromatic heterocycles. The molecule has 1 aliphatic rings. The molecule has 0 aliphatic carbocycles. The van der Waals surface area contributed by atoms with Crippen LogP contribution in [0, 0.1) is 0 Å². The molecule has 3 aromatic carbocycles. The van der Waals surface area contributed by atoms with Gasteiger partial charge in [-0.15, -0.1) is 0 Å². The first-order valence-corrected chi connectivity index (χ1v) is 8.43. The van der Waals surface area contributed by atoms with Crippen LogP contribution in [-0.4, -0.2) is 17.5 Å². The van der Waals surface area contributed by atoms with Gasteiger partial charge in [-0.2, -0.15) is 0 Å². The van der Waals surface area contributed by atoms with Crippen molar-refractivity contribution in [1.82, 2.24) is 4.98 Å². The summed E-state index contributed by atoms with van der Waals surface area (Å²) in [5, 5.41) is 3.58. The van der Waals surface area contributed by atoms with E-state index in [1.165, 1.54) is 16.3 Å². The van der Waals surface area contributed by atoms with Crippen LogP contribution in [0.15, 0.2) is 83.9 Å². The van der Waals surface area contributed by atoms with Crippen LogP contribution in [0.2, 0.25) is 0 Å². The maximum absolute atomic E-state index is 5.89. The van der Waals surface area contributed by atoms with Gasteiger partial charge in [-0.3, -0.25) is 0 Å². The third-order valence-corrected chi connectivity index (χ3v) is 4.65. The molecule has 0 bridgehead atoms. The van der Waals surface area contributed by atoms with E-state index in [9.17, 15) is 0 Å². The van der Waals surface area contributed by atoms with Crippen molar-refractivity contribution >= 4 is 27.6 Å².